The fourth-order valence-electron chi connectivity index (χ4n) is 3.14. The Bertz CT molecular complexity index is 814. The topological polar surface area (TPSA) is 49.4 Å². The molecule has 1 N–H and O–H groups in total. The molecule has 0 aliphatic carbocycles. The van der Waals surface area contributed by atoms with Crippen molar-refractivity contribution in [1.82, 2.24) is 10.2 Å². The molecule has 28 heavy (non-hydrogen) atoms. The molecule has 0 saturated heterocycles. The Hall–Kier alpha value is -2.62. The van der Waals surface area contributed by atoms with Crippen molar-refractivity contribution in [3.8, 4) is 0 Å². The van der Waals surface area contributed by atoms with Crippen LogP contribution in [-0.4, -0.2) is 29.3 Å². The fraction of sp³-hybridized carbons (Fsp3) is 0.417. The van der Waals surface area contributed by atoms with Crippen LogP contribution < -0.4 is 5.32 Å². The second-order valence-electron chi connectivity index (χ2n) is 7.99. The number of rotatable bonds is 8. The van der Waals surface area contributed by atoms with Gasteiger partial charge in [0.1, 0.15) is 6.04 Å². The molecule has 150 valence electrons. The molecular weight excluding hydrogens is 348 g/mol. The van der Waals surface area contributed by atoms with Crippen molar-refractivity contribution in [3.63, 3.8) is 0 Å². The first kappa shape index (κ1) is 21.7. The maximum Gasteiger partial charge on any atom is 0.242 e. The van der Waals surface area contributed by atoms with Gasteiger partial charge in [0.25, 0.3) is 0 Å². The number of carbonyl (C=O) groups excluding carboxylic acids is 2. The van der Waals surface area contributed by atoms with Crippen LogP contribution in [0.25, 0.3) is 0 Å². The Balaban J connectivity index is 2.21. The lowest BCUT2D eigenvalue weighted by molar-refractivity contribution is -0.140. The highest BCUT2D eigenvalue weighted by Gasteiger charge is 2.26. The molecule has 2 rings (SSSR count). The summed E-state index contributed by atoms with van der Waals surface area (Å²) in [5.41, 5.74) is 4.26. The van der Waals surface area contributed by atoms with Crippen molar-refractivity contribution in [2.75, 3.05) is 6.54 Å². The zero-order valence-corrected chi connectivity index (χ0v) is 17.7. The van der Waals surface area contributed by atoms with Gasteiger partial charge in [0, 0.05) is 13.1 Å². The molecular formula is C24H32N2O2. The number of nitrogens with one attached hydrogen (secondary N) is 1. The van der Waals surface area contributed by atoms with Crippen molar-refractivity contribution < 1.29 is 9.59 Å². The largest absolute Gasteiger partial charge is 0.354 e. The van der Waals surface area contributed by atoms with Gasteiger partial charge in [-0.2, -0.15) is 0 Å². The van der Waals surface area contributed by atoms with E-state index in [4.69, 9.17) is 0 Å². The second kappa shape index (κ2) is 10.1. The summed E-state index contributed by atoms with van der Waals surface area (Å²) in [5.74, 6) is 0.211. The van der Waals surface area contributed by atoms with E-state index in [-0.39, 0.29) is 18.2 Å². The number of benzene rings is 2. The van der Waals surface area contributed by atoms with E-state index in [2.05, 4.69) is 25.2 Å². The Morgan fingerprint density at radius 2 is 1.50 bits per heavy atom. The molecule has 4 heteroatoms. The van der Waals surface area contributed by atoms with Crippen LogP contribution in [-0.2, 0) is 22.6 Å². The molecule has 2 aromatic carbocycles. The van der Waals surface area contributed by atoms with Gasteiger partial charge in [-0.05, 0) is 37.8 Å². The minimum Gasteiger partial charge on any atom is -0.354 e. The summed E-state index contributed by atoms with van der Waals surface area (Å²) in [7, 11) is 0. The smallest absolute Gasteiger partial charge is 0.242 e. The monoisotopic (exact) mass is 380 g/mol. The van der Waals surface area contributed by atoms with Crippen LogP contribution in [0.5, 0.6) is 0 Å². The van der Waals surface area contributed by atoms with Crippen LogP contribution in [0.4, 0.5) is 0 Å². The lowest BCUT2D eigenvalue weighted by atomic mass is 10.1. The highest BCUT2D eigenvalue weighted by Crippen LogP contribution is 2.14. The van der Waals surface area contributed by atoms with E-state index in [0.717, 1.165) is 22.3 Å². The van der Waals surface area contributed by atoms with Crippen LogP contribution >= 0.6 is 0 Å². The SMILES string of the molecule is Cc1cccc(CC(=O)N(Cc2cccc(C)c2)[C@@H](C)C(=O)NCC(C)C)c1. The zero-order chi connectivity index (χ0) is 20.7. The van der Waals surface area contributed by atoms with Crippen LogP contribution in [0.3, 0.4) is 0 Å². The third kappa shape index (κ3) is 6.52. The molecule has 0 radical (unpaired) electrons. The van der Waals surface area contributed by atoms with Crippen molar-refractivity contribution in [2.24, 2.45) is 5.92 Å². The molecule has 2 aromatic rings. The third-order valence-corrected chi connectivity index (χ3v) is 4.73. The van der Waals surface area contributed by atoms with Crippen LogP contribution in [0.2, 0.25) is 0 Å². The molecule has 1 atom stereocenters. The van der Waals surface area contributed by atoms with E-state index >= 15 is 0 Å². The molecule has 0 aliphatic rings. The van der Waals surface area contributed by atoms with Gasteiger partial charge in [-0.15, -0.1) is 0 Å². The predicted molar refractivity (Wildman–Crippen MR) is 114 cm³/mol. The number of carbonyl (C=O) groups is 2. The van der Waals surface area contributed by atoms with Gasteiger partial charge < -0.3 is 10.2 Å². The van der Waals surface area contributed by atoms with Crippen molar-refractivity contribution in [1.29, 1.82) is 0 Å². The van der Waals surface area contributed by atoms with Gasteiger partial charge in [0.05, 0.1) is 6.42 Å². The average molecular weight is 381 g/mol. The third-order valence-electron chi connectivity index (χ3n) is 4.73. The van der Waals surface area contributed by atoms with E-state index in [1.807, 2.05) is 56.3 Å². The summed E-state index contributed by atoms with van der Waals surface area (Å²) in [6, 6.07) is 15.5. The van der Waals surface area contributed by atoms with Gasteiger partial charge in [0.15, 0.2) is 0 Å². The molecule has 0 heterocycles. The molecule has 0 spiro atoms. The first-order chi connectivity index (χ1) is 13.3. The average Bonchev–Trinajstić information content (AvgIpc) is 2.63. The van der Waals surface area contributed by atoms with E-state index < -0.39 is 6.04 Å². The molecule has 0 unspecified atom stereocenters. The number of nitrogens with zero attached hydrogens (tertiary/aromatic N) is 1. The summed E-state index contributed by atoms with van der Waals surface area (Å²) >= 11 is 0. The molecule has 0 aliphatic heterocycles. The number of amides is 2. The van der Waals surface area contributed by atoms with Crippen molar-refractivity contribution in [2.45, 2.75) is 53.6 Å². The highest BCUT2D eigenvalue weighted by atomic mass is 16.2. The predicted octanol–water partition coefficient (Wildman–Crippen LogP) is 4.04. The summed E-state index contributed by atoms with van der Waals surface area (Å²) in [6.45, 7) is 11.0. The Labute approximate surface area is 169 Å². The maximum absolute atomic E-state index is 13.1. The summed E-state index contributed by atoms with van der Waals surface area (Å²) in [4.78, 5) is 27.5. The zero-order valence-electron chi connectivity index (χ0n) is 17.7. The van der Waals surface area contributed by atoms with Crippen molar-refractivity contribution >= 4 is 11.8 Å². The van der Waals surface area contributed by atoms with Crippen LogP contribution in [0.15, 0.2) is 48.5 Å². The van der Waals surface area contributed by atoms with E-state index in [9.17, 15) is 9.59 Å². The minimum atomic E-state index is -0.531. The van der Waals surface area contributed by atoms with Gasteiger partial charge in [-0.3, -0.25) is 9.59 Å². The number of hydrogen-bond donors (Lipinski definition) is 1. The highest BCUT2D eigenvalue weighted by molar-refractivity contribution is 5.88. The van der Waals surface area contributed by atoms with Gasteiger partial charge in [-0.1, -0.05) is 73.5 Å². The molecule has 0 bridgehead atoms. The lowest BCUT2D eigenvalue weighted by Gasteiger charge is -2.29. The summed E-state index contributed by atoms with van der Waals surface area (Å²) < 4.78 is 0. The van der Waals surface area contributed by atoms with E-state index in [1.165, 1.54) is 0 Å². The Morgan fingerprint density at radius 3 is 2.07 bits per heavy atom. The van der Waals surface area contributed by atoms with Crippen molar-refractivity contribution in [3.05, 3.63) is 70.8 Å². The molecule has 0 aromatic heterocycles. The van der Waals surface area contributed by atoms with Crippen LogP contribution in [0.1, 0.15) is 43.0 Å². The second-order valence-corrected chi connectivity index (χ2v) is 7.99. The fourth-order valence-corrected chi connectivity index (χ4v) is 3.14. The number of hydrogen-bond acceptors (Lipinski definition) is 2. The van der Waals surface area contributed by atoms with Gasteiger partial charge in [-0.25, -0.2) is 0 Å². The minimum absolute atomic E-state index is 0.0423. The quantitative estimate of drug-likeness (QED) is 0.751. The van der Waals surface area contributed by atoms with Gasteiger partial charge >= 0.3 is 0 Å². The standard InChI is InChI=1S/C24H32N2O2/c1-17(2)15-25-24(28)20(5)26(16-22-11-7-9-19(4)13-22)23(27)14-21-10-6-8-18(3)12-21/h6-13,17,20H,14-16H2,1-5H3,(H,25,28)/t20-/m0/s1. The van der Waals surface area contributed by atoms with Gasteiger partial charge in [0.2, 0.25) is 11.8 Å². The maximum atomic E-state index is 13.1. The number of aryl methyl sites for hydroxylation is 2. The summed E-state index contributed by atoms with van der Waals surface area (Å²) in [5, 5.41) is 2.95. The normalized spacial score (nSPS) is 11.9. The molecule has 2 amide bonds. The molecule has 0 saturated carbocycles. The lowest BCUT2D eigenvalue weighted by Crippen LogP contribution is -2.48. The summed E-state index contributed by atoms with van der Waals surface area (Å²) in [6.07, 6.45) is 0.287. The van der Waals surface area contributed by atoms with Crippen LogP contribution in [0, 0.1) is 19.8 Å². The van der Waals surface area contributed by atoms with E-state index in [0.29, 0.717) is 19.0 Å². The molecule has 4 nitrogen and oxygen atoms in total. The first-order valence-corrected chi connectivity index (χ1v) is 9.94. The molecule has 0 fully saturated rings. The Kier molecular flexibility index (Phi) is 7.80. The Morgan fingerprint density at radius 1 is 0.929 bits per heavy atom. The first-order valence-electron chi connectivity index (χ1n) is 9.94. The van der Waals surface area contributed by atoms with E-state index in [1.54, 1.807) is 11.8 Å².